The Morgan fingerprint density at radius 2 is 1.76 bits per heavy atom. The fourth-order valence-corrected chi connectivity index (χ4v) is 3.49. The van der Waals surface area contributed by atoms with Gasteiger partial charge in [0.05, 0.1) is 11.2 Å². The average molecular weight is 562 g/mol. The molecule has 6 nitrogen and oxygen atoms in total. The zero-order chi connectivity index (χ0) is 24.5. The maximum Gasteiger partial charge on any atom is 0.336 e. The molecule has 174 valence electrons. The summed E-state index contributed by atoms with van der Waals surface area (Å²) in [6.07, 6.45) is 3.48. The Balaban J connectivity index is 1.62. The summed E-state index contributed by atoms with van der Waals surface area (Å²) < 4.78 is 11.7. The third-order valence-electron chi connectivity index (χ3n) is 4.34. The number of carbonyl (C=O) groups is 2. The summed E-state index contributed by atoms with van der Waals surface area (Å²) in [4.78, 5) is 24.6. The first-order chi connectivity index (χ1) is 16.3. The van der Waals surface area contributed by atoms with Crippen molar-refractivity contribution in [2.75, 3.05) is 0 Å². The van der Waals surface area contributed by atoms with Gasteiger partial charge in [-0.3, -0.25) is 4.79 Å². The van der Waals surface area contributed by atoms with Crippen molar-refractivity contribution in [3.8, 4) is 11.5 Å². The van der Waals surface area contributed by atoms with E-state index in [-0.39, 0.29) is 10.8 Å². The highest BCUT2D eigenvalue weighted by atomic mass is 79.9. The molecule has 3 aromatic carbocycles. The van der Waals surface area contributed by atoms with Gasteiger partial charge in [-0.2, -0.15) is 5.10 Å². The van der Waals surface area contributed by atoms with Crippen LogP contribution in [-0.2, 0) is 9.59 Å². The van der Waals surface area contributed by atoms with Gasteiger partial charge in [-0.1, -0.05) is 69.5 Å². The molecule has 0 aliphatic heterocycles. The second kappa shape index (κ2) is 12.4. The van der Waals surface area contributed by atoms with E-state index in [1.165, 1.54) is 18.4 Å². The molecule has 3 aromatic rings. The van der Waals surface area contributed by atoms with Crippen LogP contribution < -0.4 is 14.9 Å². The zero-order valence-corrected chi connectivity index (χ0v) is 21.0. The van der Waals surface area contributed by atoms with E-state index in [4.69, 9.17) is 32.7 Å². The van der Waals surface area contributed by atoms with Gasteiger partial charge >= 0.3 is 5.97 Å². The summed E-state index contributed by atoms with van der Waals surface area (Å²) in [5.41, 5.74) is 3.74. The molecule has 1 amide bonds. The molecule has 0 fully saturated rings. The number of nitrogens with zero attached hydrogens (tertiary/aromatic N) is 1. The molecule has 3 rings (SSSR count). The largest absolute Gasteiger partial charge is 0.479 e. The van der Waals surface area contributed by atoms with Crippen molar-refractivity contribution in [1.82, 2.24) is 5.43 Å². The van der Waals surface area contributed by atoms with Crippen LogP contribution in [0.4, 0.5) is 0 Å². The number of hydrogen-bond donors (Lipinski definition) is 1. The predicted molar refractivity (Wildman–Crippen MR) is 138 cm³/mol. The number of esters is 1. The fraction of sp³-hybridized carbons (Fsp3) is 0.0800. The highest BCUT2D eigenvalue weighted by Crippen LogP contribution is 2.28. The molecular formula is C25H19BrCl2N2O4. The maximum atomic E-state index is 12.3. The molecule has 0 saturated carbocycles. The summed E-state index contributed by atoms with van der Waals surface area (Å²) in [5.74, 6) is -0.447. The fourth-order valence-electron chi connectivity index (χ4n) is 2.66. The zero-order valence-electron chi connectivity index (χ0n) is 17.9. The van der Waals surface area contributed by atoms with Crippen molar-refractivity contribution in [1.29, 1.82) is 0 Å². The average Bonchev–Trinajstić information content (AvgIpc) is 2.81. The summed E-state index contributed by atoms with van der Waals surface area (Å²) in [6, 6.07) is 19.1. The van der Waals surface area contributed by atoms with Gasteiger partial charge in [0.2, 0.25) is 0 Å². The van der Waals surface area contributed by atoms with Crippen LogP contribution in [0.15, 0.2) is 82.4 Å². The Bertz CT molecular complexity index is 1230. The first-order valence-electron chi connectivity index (χ1n) is 10.0. The molecule has 9 heteroatoms. The van der Waals surface area contributed by atoms with Gasteiger partial charge in [0.15, 0.2) is 6.10 Å². The number of amides is 1. The molecule has 0 aromatic heterocycles. The van der Waals surface area contributed by atoms with Crippen LogP contribution in [0.1, 0.15) is 18.1 Å². The highest BCUT2D eigenvalue weighted by molar-refractivity contribution is 9.10. The number of ether oxygens (including phenoxy) is 2. The van der Waals surface area contributed by atoms with Crippen LogP contribution in [0.3, 0.4) is 0 Å². The smallest absolute Gasteiger partial charge is 0.336 e. The Kier molecular flexibility index (Phi) is 9.27. The lowest BCUT2D eigenvalue weighted by atomic mass is 10.2. The van der Waals surface area contributed by atoms with Gasteiger partial charge in [-0.05, 0) is 55.0 Å². The van der Waals surface area contributed by atoms with Crippen molar-refractivity contribution in [3.63, 3.8) is 0 Å². The molecule has 0 aliphatic rings. The minimum absolute atomic E-state index is 0.279. The Labute approximate surface area is 215 Å². The van der Waals surface area contributed by atoms with E-state index in [0.717, 1.165) is 10.0 Å². The van der Waals surface area contributed by atoms with Crippen molar-refractivity contribution < 1.29 is 19.1 Å². The first kappa shape index (κ1) is 25.5. The standard InChI is InChI=1S/C25H19BrCl2N2O4/c1-16(33-23-11-9-20(27)14-21(23)28)25(32)30-29-15-18-13-19(26)8-10-22(18)34-24(31)12-7-17-5-3-2-4-6-17/h2-16H,1H3,(H,30,32)/b12-7+,29-15-/t16-/m1/s1. The first-order valence-corrected chi connectivity index (χ1v) is 11.6. The molecule has 0 spiro atoms. The second-order valence-electron chi connectivity index (χ2n) is 6.92. The summed E-state index contributed by atoms with van der Waals surface area (Å²) in [7, 11) is 0. The van der Waals surface area contributed by atoms with Crippen LogP contribution in [0, 0.1) is 0 Å². The third-order valence-corrected chi connectivity index (χ3v) is 5.36. The van der Waals surface area contributed by atoms with Crippen molar-refractivity contribution in [2.45, 2.75) is 13.0 Å². The second-order valence-corrected chi connectivity index (χ2v) is 8.68. The molecule has 0 saturated heterocycles. The van der Waals surface area contributed by atoms with E-state index in [2.05, 4.69) is 26.5 Å². The Hall–Kier alpha value is -3.13. The van der Waals surface area contributed by atoms with Crippen LogP contribution in [0.5, 0.6) is 11.5 Å². The minimum Gasteiger partial charge on any atom is -0.479 e. The van der Waals surface area contributed by atoms with E-state index in [0.29, 0.717) is 16.3 Å². The molecule has 0 aliphatic carbocycles. The molecular weight excluding hydrogens is 543 g/mol. The lowest BCUT2D eigenvalue weighted by Gasteiger charge is -2.14. The monoisotopic (exact) mass is 560 g/mol. The van der Waals surface area contributed by atoms with E-state index in [1.807, 2.05) is 30.3 Å². The predicted octanol–water partition coefficient (Wildman–Crippen LogP) is 6.29. The number of hydrazone groups is 1. The van der Waals surface area contributed by atoms with Crippen molar-refractivity contribution in [2.24, 2.45) is 5.10 Å². The molecule has 1 N–H and O–H groups in total. The number of benzene rings is 3. The van der Waals surface area contributed by atoms with E-state index in [1.54, 1.807) is 43.3 Å². The number of hydrogen-bond acceptors (Lipinski definition) is 5. The van der Waals surface area contributed by atoms with Gasteiger partial charge in [-0.15, -0.1) is 0 Å². The van der Waals surface area contributed by atoms with Crippen LogP contribution in [0.2, 0.25) is 10.0 Å². The maximum absolute atomic E-state index is 12.3. The lowest BCUT2D eigenvalue weighted by Crippen LogP contribution is -2.33. The molecule has 0 bridgehead atoms. The topological polar surface area (TPSA) is 77.0 Å². The van der Waals surface area contributed by atoms with Crippen molar-refractivity contribution in [3.05, 3.63) is 98.5 Å². The summed E-state index contributed by atoms with van der Waals surface area (Å²) >= 11 is 15.3. The summed E-state index contributed by atoms with van der Waals surface area (Å²) in [6.45, 7) is 1.56. The van der Waals surface area contributed by atoms with E-state index < -0.39 is 18.0 Å². The van der Waals surface area contributed by atoms with E-state index >= 15 is 0 Å². The number of halogens is 3. The molecule has 34 heavy (non-hydrogen) atoms. The van der Waals surface area contributed by atoms with Crippen molar-refractivity contribution >= 4 is 63.3 Å². The normalized spacial score (nSPS) is 12.0. The van der Waals surface area contributed by atoms with E-state index in [9.17, 15) is 9.59 Å². The summed E-state index contributed by atoms with van der Waals surface area (Å²) in [5, 5.41) is 4.70. The minimum atomic E-state index is -0.876. The van der Waals surface area contributed by atoms with Gasteiger partial charge in [0, 0.05) is 21.1 Å². The Morgan fingerprint density at radius 1 is 1.03 bits per heavy atom. The molecule has 0 unspecified atom stereocenters. The van der Waals surface area contributed by atoms with Gasteiger partial charge < -0.3 is 9.47 Å². The van der Waals surface area contributed by atoms with Crippen LogP contribution >= 0.6 is 39.1 Å². The number of nitrogens with one attached hydrogen (secondary N) is 1. The molecule has 0 radical (unpaired) electrons. The highest BCUT2D eigenvalue weighted by Gasteiger charge is 2.16. The lowest BCUT2D eigenvalue weighted by molar-refractivity contribution is -0.129. The van der Waals surface area contributed by atoms with Crippen LogP contribution in [-0.4, -0.2) is 24.2 Å². The van der Waals surface area contributed by atoms with Gasteiger partial charge in [0.25, 0.3) is 5.91 Å². The number of carbonyl (C=O) groups excluding carboxylic acids is 2. The quantitative estimate of drug-likeness (QED) is 0.115. The van der Waals surface area contributed by atoms with Gasteiger partial charge in [-0.25, -0.2) is 10.2 Å². The Morgan fingerprint density at radius 3 is 2.50 bits per heavy atom. The number of rotatable bonds is 8. The SMILES string of the molecule is C[C@@H](Oc1ccc(Cl)cc1Cl)C(=O)N/N=C\c1cc(Br)ccc1OC(=O)/C=C/c1ccccc1. The van der Waals surface area contributed by atoms with Crippen LogP contribution in [0.25, 0.3) is 6.08 Å². The molecule has 0 heterocycles. The molecule has 1 atom stereocenters. The van der Waals surface area contributed by atoms with Gasteiger partial charge in [0.1, 0.15) is 11.5 Å². The third kappa shape index (κ3) is 7.73.